The van der Waals surface area contributed by atoms with Crippen LogP contribution in [0.15, 0.2) is 54.6 Å². The van der Waals surface area contributed by atoms with Crippen molar-refractivity contribution in [1.29, 1.82) is 0 Å². The number of hydrogen-bond donors (Lipinski definition) is 2. The van der Waals surface area contributed by atoms with Gasteiger partial charge in [-0.25, -0.2) is 0 Å². The van der Waals surface area contributed by atoms with E-state index in [0.717, 1.165) is 37.4 Å². The number of anilines is 2. The smallest absolute Gasteiger partial charge is 0.227 e. The van der Waals surface area contributed by atoms with Crippen LogP contribution >= 0.6 is 0 Å². The van der Waals surface area contributed by atoms with Crippen LogP contribution in [0.1, 0.15) is 18.1 Å². The Morgan fingerprint density at radius 2 is 1.68 bits per heavy atom. The molecule has 1 unspecified atom stereocenters. The van der Waals surface area contributed by atoms with Crippen LogP contribution in [-0.4, -0.2) is 49.1 Å². The zero-order valence-electron chi connectivity index (χ0n) is 14.6. The van der Waals surface area contributed by atoms with Gasteiger partial charge in [-0.3, -0.25) is 4.79 Å². The van der Waals surface area contributed by atoms with Crippen LogP contribution in [0.5, 0.6) is 0 Å². The van der Waals surface area contributed by atoms with Crippen molar-refractivity contribution >= 4 is 17.3 Å². The van der Waals surface area contributed by atoms with Gasteiger partial charge >= 0.3 is 0 Å². The maximum absolute atomic E-state index is 12.1. The van der Waals surface area contributed by atoms with E-state index in [9.17, 15) is 9.90 Å². The Hall–Kier alpha value is -2.37. The van der Waals surface area contributed by atoms with Crippen LogP contribution in [-0.2, 0) is 4.79 Å². The second kappa shape index (κ2) is 8.14. The normalized spacial score (nSPS) is 16.5. The maximum atomic E-state index is 12.1. The average molecular weight is 339 g/mol. The molecule has 1 aliphatic rings. The third-order valence-corrected chi connectivity index (χ3v) is 4.58. The summed E-state index contributed by atoms with van der Waals surface area (Å²) < 4.78 is 0. The number of nitrogens with zero attached hydrogens (tertiary/aromatic N) is 2. The number of likely N-dealkylation sites (N-methyl/N-ethyl adjacent to an activating group) is 1. The Labute approximate surface area is 148 Å². The fraction of sp³-hybridized carbons (Fsp3) is 0.350. The van der Waals surface area contributed by atoms with Crippen molar-refractivity contribution in [2.45, 2.75) is 12.5 Å². The third-order valence-electron chi connectivity index (χ3n) is 4.58. The molecule has 1 amide bonds. The lowest BCUT2D eigenvalue weighted by molar-refractivity contribution is -0.118. The standard InChI is InChI=1S/C20H25N3O2/c1-22-11-13-23(14-12-22)18-9-7-17(8-10-18)21-20(25)15-19(24)16-5-3-2-4-6-16/h2-10,19,24H,11-15H2,1H3,(H,21,25). The highest BCUT2D eigenvalue weighted by atomic mass is 16.3. The molecule has 5 heteroatoms. The van der Waals surface area contributed by atoms with Crippen molar-refractivity contribution < 1.29 is 9.90 Å². The van der Waals surface area contributed by atoms with Gasteiger partial charge in [-0.1, -0.05) is 30.3 Å². The number of carbonyl (C=O) groups is 1. The molecule has 132 valence electrons. The molecule has 3 rings (SSSR count). The summed E-state index contributed by atoms with van der Waals surface area (Å²) in [7, 11) is 2.14. The summed E-state index contributed by atoms with van der Waals surface area (Å²) in [5, 5.41) is 13.0. The highest BCUT2D eigenvalue weighted by molar-refractivity contribution is 5.91. The highest BCUT2D eigenvalue weighted by Gasteiger charge is 2.15. The van der Waals surface area contributed by atoms with Crippen molar-refractivity contribution in [3.8, 4) is 0 Å². The zero-order valence-corrected chi connectivity index (χ0v) is 14.6. The molecule has 1 saturated heterocycles. The Morgan fingerprint density at radius 1 is 1.04 bits per heavy atom. The summed E-state index contributed by atoms with van der Waals surface area (Å²) in [5.74, 6) is -0.191. The summed E-state index contributed by atoms with van der Waals surface area (Å²) in [6, 6.07) is 17.1. The van der Waals surface area contributed by atoms with Crippen molar-refractivity contribution in [2.24, 2.45) is 0 Å². The molecule has 2 aromatic carbocycles. The molecule has 0 aromatic heterocycles. The second-order valence-electron chi connectivity index (χ2n) is 6.52. The topological polar surface area (TPSA) is 55.8 Å². The minimum Gasteiger partial charge on any atom is -0.388 e. The summed E-state index contributed by atoms with van der Waals surface area (Å²) >= 11 is 0. The fourth-order valence-electron chi connectivity index (χ4n) is 3.00. The minimum atomic E-state index is -0.786. The van der Waals surface area contributed by atoms with Crippen molar-refractivity contribution in [1.82, 2.24) is 4.90 Å². The number of piperazine rings is 1. The maximum Gasteiger partial charge on any atom is 0.227 e. The monoisotopic (exact) mass is 339 g/mol. The number of aliphatic hydroxyl groups is 1. The summed E-state index contributed by atoms with van der Waals surface area (Å²) in [6.07, 6.45) is -0.740. The number of hydrogen-bond acceptors (Lipinski definition) is 4. The van der Waals surface area contributed by atoms with Gasteiger partial charge in [0.15, 0.2) is 0 Å². The van der Waals surface area contributed by atoms with Gasteiger partial charge in [0.2, 0.25) is 5.91 Å². The minimum absolute atomic E-state index is 0.0459. The molecule has 1 atom stereocenters. The third kappa shape index (κ3) is 4.81. The van der Waals surface area contributed by atoms with E-state index >= 15 is 0 Å². The van der Waals surface area contributed by atoms with Gasteiger partial charge in [-0.15, -0.1) is 0 Å². The van der Waals surface area contributed by atoms with E-state index in [1.807, 2.05) is 54.6 Å². The Morgan fingerprint density at radius 3 is 2.32 bits per heavy atom. The molecule has 1 heterocycles. The van der Waals surface area contributed by atoms with Gasteiger partial charge in [-0.2, -0.15) is 0 Å². The van der Waals surface area contributed by atoms with Gasteiger partial charge in [0.25, 0.3) is 0 Å². The van der Waals surface area contributed by atoms with Crippen LogP contribution in [0, 0.1) is 0 Å². The van der Waals surface area contributed by atoms with Crippen LogP contribution in [0.3, 0.4) is 0 Å². The van der Waals surface area contributed by atoms with Crippen LogP contribution < -0.4 is 10.2 Å². The second-order valence-corrected chi connectivity index (χ2v) is 6.52. The van der Waals surface area contributed by atoms with E-state index in [2.05, 4.69) is 22.2 Å². The molecule has 0 spiro atoms. The lowest BCUT2D eigenvalue weighted by Crippen LogP contribution is -2.44. The molecule has 0 bridgehead atoms. The predicted molar refractivity (Wildman–Crippen MR) is 101 cm³/mol. The number of aliphatic hydroxyl groups excluding tert-OH is 1. The van der Waals surface area contributed by atoms with Crippen LogP contribution in [0.2, 0.25) is 0 Å². The van der Waals surface area contributed by atoms with Gasteiger partial charge in [0.1, 0.15) is 0 Å². The van der Waals surface area contributed by atoms with E-state index in [4.69, 9.17) is 0 Å². The molecule has 1 aliphatic heterocycles. The average Bonchev–Trinajstić information content (AvgIpc) is 2.64. The van der Waals surface area contributed by atoms with E-state index in [0.29, 0.717) is 0 Å². The van der Waals surface area contributed by atoms with Crippen LogP contribution in [0.25, 0.3) is 0 Å². The molecule has 2 aromatic rings. The van der Waals surface area contributed by atoms with Gasteiger partial charge in [0.05, 0.1) is 12.5 Å². The fourth-order valence-corrected chi connectivity index (χ4v) is 3.00. The lowest BCUT2D eigenvalue weighted by atomic mass is 10.1. The first-order valence-electron chi connectivity index (χ1n) is 8.68. The predicted octanol–water partition coefficient (Wildman–Crippen LogP) is 2.50. The molecular weight excluding hydrogens is 314 g/mol. The van der Waals surface area contributed by atoms with E-state index in [1.165, 1.54) is 5.69 Å². The summed E-state index contributed by atoms with van der Waals surface area (Å²) in [4.78, 5) is 16.8. The summed E-state index contributed by atoms with van der Waals surface area (Å²) in [6.45, 7) is 4.17. The first-order chi connectivity index (χ1) is 12.1. The quantitative estimate of drug-likeness (QED) is 0.879. The number of amides is 1. The van der Waals surface area contributed by atoms with E-state index < -0.39 is 6.10 Å². The molecule has 1 fully saturated rings. The number of nitrogens with one attached hydrogen (secondary N) is 1. The Balaban J connectivity index is 1.53. The molecule has 2 N–H and O–H groups in total. The molecule has 25 heavy (non-hydrogen) atoms. The van der Waals surface area contributed by atoms with Gasteiger partial charge in [-0.05, 0) is 36.9 Å². The van der Waals surface area contributed by atoms with Crippen LogP contribution in [0.4, 0.5) is 11.4 Å². The molecule has 0 aliphatic carbocycles. The van der Waals surface area contributed by atoms with Gasteiger partial charge < -0.3 is 20.2 Å². The van der Waals surface area contributed by atoms with E-state index in [1.54, 1.807) is 0 Å². The molecule has 0 radical (unpaired) electrons. The first-order valence-corrected chi connectivity index (χ1v) is 8.68. The zero-order chi connectivity index (χ0) is 17.6. The SMILES string of the molecule is CN1CCN(c2ccc(NC(=O)CC(O)c3ccccc3)cc2)CC1. The number of benzene rings is 2. The summed E-state index contributed by atoms with van der Waals surface area (Å²) in [5.41, 5.74) is 2.68. The highest BCUT2D eigenvalue weighted by Crippen LogP contribution is 2.21. The number of carbonyl (C=O) groups excluding carboxylic acids is 1. The lowest BCUT2D eigenvalue weighted by Gasteiger charge is -2.34. The van der Waals surface area contributed by atoms with E-state index in [-0.39, 0.29) is 12.3 Å². The Kier molecular flexibility index (Phi) is 5.68. The first kappa shape index (κ1) is 17.5. The van der Waals surface area contributed by atoms with Gasteiger partial charge in [0, 0.05) is 37.6 Å². The molecule has 5 nitrogen and oxygen atoms in total. The van der Waals surface area contributed by atoms with Crippen molar-refractivity contribution in [2.75, 3.05) is 43.4 Å². The van der Waals surface area contributed by atoms with Crippen molar-refractivity contribution in [3.63, 3.8) is 0 Å². The molecule has 0 saturated carbocycles. The molecular formula is C20H25N3O2. The Bertz CT molecular complexity index is 680. The number of rotatable bonds is 5. The van der Waals surface area contributed by atoms with Crippen molar-refractivity contribution in [3.05, 3.63) is 60.2 Å². The largest absolute Gasteiger partial charge is 0.388 e.